The zero-order chi connectivity index (χ0) is 13.7. The van der Waals surface area contributed by atoms with Gasteiger partial charge in [-0.3, -0.25) is 9.89 Å². The van der Waals surface area contributed by atoms with Gasteiger partial charge >= 0.3 is 0 Å². The number of aryl methyl sites for hydroxylation is 2. The summed E-state index contributed by atoms with van der Waals surface area (Å²) in [5, 5.41) is 9.12. The Morgan fingerprint density at radius 2 is 2.21 bits per heavy atom. The molecule has 0 aliphatic carbocycles. The highest BCUT2D eigenvalue weighted by Crippen LogP contribution is 2.19. The quantitative estimate of drug-likeness (QED) is 0.866. The van der Waals surface area contributed by atoms with Crippen LogP contribution < -0.4 is 10.1 Å². The largest absolute Gasteiger partial charge is 0.493 e. The first kappa shape index (κ1) is 13.1. The van der Waals surface area contributed by atoms with Crippen LogP contribution in [0.5, 0.6) is 5.75 Å². The maximum atomic E-state index is 11.6. The van der Waals surface area contributed by atoms with E-state index in [9.17, 15) is 4.79 Å². The molecular formula is C14H17N3O2. The van der Waals surface area contributed by atoms with E-state index >= 15 is 0 Å². The standard InChI is InChI=1S/C14H17N3O2/c1-10-3-4-11(2)12(9-10)19-8-6-14(18)16-13-5-7-15-17-13/h3-5,7,9H,6,8H2,1-2H3,(H2,15,16,17,18). The molecule has 1 amide bonds. The van der Waals surface area contributed by atoms with Gasteiger partial charge in [-0.05, 0) is 31.0 Å². The van der Waals surface area contributed by atoms with Crippen LogP contribution in [0.3, 0.4) is 0 Å². The van der Waals surface area contributed by atoms with Crippen LogP contribution in [0, 0.1) is 13.8 Å². The molecule has 0 atom stereocenters. The fraction of sp³-hybridized carbons (Fsp3) is 0.286. The highest BCUT2D eigenvalue weighted by Gasteiger charge is 2.05. The number of nitrogens with one attached hydrogen (secondary N) is 2. The second kappa shape index (κ2) is 6.04. The zero-order valence-corrected chi connectivity index (χ0v) is 11.1. The highest BCUT2D eigenvalue weighted by molar-refractivity contribution is 5.89. The molecule has 0 spiro atoms. The summed E-state index contributed by atoms with van der Waals surface area (Å²) in [7, 11) is 0. The van der Waals surface area contributed by atoms with Gasteiger partial charge in [0.25, 0.3) is 0 Å². The molecule has 5 heteroatoms. The summed E-state index contributed by atoms with van der Waals surface area (Å²) in [5.74, 6) is 1.32. The maximum Gasteiger partial charge on any atom is 0.228 e. The number of aromatic amines is 1. The van der Waals surface area contributed by atoms with Gasteiger partial charge in [0.15, 0.2) is 0 Å². The number of aromatic nitrogens is 2. The third-order valence-electron chi connectivity index (χ3n) is 2.71. The lowest BCUT2D eigenvalue weighted by molar-refractivity contribution is -0.116. The van der Waals surface area contributed by atoms with Crippen molar-refractivity contribution in [1.29, 1.82) is 0 Å². The molecule has 1 aromatic carbocycles. The summed E-state index contributed by atoms with van der Waals surface area (Å²) >= 11 is 0. The first-order valence-electron chi connectivity index (χ1n) is 6.14. The van der Waals surface area contributed by atoms with Crippen molar-refractivity contribution >= 4 is 11.7 Å². The van der Waals surface area contributed by atoms with Gasteiger partial charge in [-0.1, -0.05) is 12.1 Å². The third-order valence-corrected chi connectivity index (χ3v) is 2.71. The summed E-state index contributed by atoms with van der Waals surface area (Å²) in [5.41, 5.74) is 2.21. The number of amides is 1. The minimum Gasteiger partial charge on any atom is -0.493 e. The van der Waals surface area contributed by atoms with Gasteiger partial charge in [-0.25, -0.2) is 0 Å². The first-order chi connectivity index (χ1) is 9.15. The van der Waals surface area contributed by atoms with E-state index in [0.717, 1.165) is 16.9 Å². The number of H-pyrrole nitrogens is 1. The van der Waals surface area contributed by atoms with E-state index in [1.54, 1.807) is 12.3 Å². The van der Waals surface area contributed by atoms with Crippen LogP contribution in [-0.2, 0) is 4.79 Å². The number of anilines is 1. The number of benzene rings is 1. The van der Waals surface area contributed by atoms with Gasteiger partial charge in [0, 0.05) is 6.07 Å². The molecule has 2 aromatic rings. The molecule has 1 heterocycles. The minimum atomic E-state index is -0.102. The van der Waals surface area contributed by atoms with Crippen molar-refractivity contribution in [2.75, 3.05) is 11.9 Å². The summed E-state index contributed by atoms with van der Waals surface area (Å²) in [6.07, 6.45) is 1.88. The predicted molar refractivity (Wildman–Crippen MR) is 73.2 cm³/mol. The Bertz CT molecular complexity index is 550. The average Bonchev–Trinajstić information content (AvgIpc) is 2.86. The zero-order valence-electron chi connectivity index (χ0n) is 11.1. The van der Waals surface area contributed by atoms with Gasteiger partial charge in [0.05, 0.1) is 19.2 Å². The second-order valence-electron chi connectivity index (χ2n) is 4.39. The van der Waals surface area contributed by atoms with E-state index < -0.39 is 0 Å². The Kier molecular flexibility index (Phi) is 4.18. The first-order valence-corrected chi connectivity index (χ1v) is 6.14. The van der Waals surface area contributed by atoms with E-state index in [1.165, 1.54) is 0 Å². The Labute approximate surface area is 112 Å². The van der Waals surface area contributed by atoms with Gasteiger partial charge < -0.3 is 10.1 Å². The summed E-state index contributed by atoms with van der Waals surface area (Å²) in [6.45, 7) is 4.35. The van der Waals surface area contributed by atoms with Crippen molar-refractivity contribution in [2.45, 2.75) is 20.3 Å². The number of hydrogen-bond acceptors (Lipinski definition) is 3. The molecule has 19 heavy (non-hydrogen) atoms. The minimum absolute atomic E-state index is 0.102. The van der Waals surface area contributed by atoms with Gasteiger partial charge in [-0.2, -0.15) is 5.10 Å². The Morgan fingerprint density at radius 3 is 2.95 bits per heavy atom. The maximum absolute atomic E-state index is 11.6. The van der Waals surface area contributed by atoms with E-state index in [2.05, 4.69) is 15.5 Å². The number of nitrogens with zero attached hydrogens (tertiary/aromatic N) is 1. The summed E-state index contributed by atoms with van der Waals surface area (Å²) < 4.78 is 5.62. The Balaban J connectivity index is 1.80. The normalized spacial score (nSPS) is 10.2. The van der Waals surface area contributed by atoms with Crippen molar-refractivity contribution in [3.63, 3.8) is 0 Å². The molecule has 2 N–H and O–H groups in total. The van der Waals surface area contributed by atoms with E-state index in [-0.39, 0.29) is 5.91 Å². The van der Waals surface area contributed by atoms with E-state index in [0.29, 0.717) is 18.8 Å². The monoisotopic (exact) mass is 259 g/mol. The fourth-order valence-electron chi connectivity index (χ4n) is 1.65. The van der Waals surface area contributed by atoms with Crippen LogP contribution in [0.25, 0.3) is 0 Å². The van der Waals surface area contributed by atoms with Gasteiger partial charge in [-0.15, -0.1) is 0 Å². The van der Waals surface area contributed by atoms with Crippen molar-refractivity contribution in [3.8, 4) is 5.75 Å². The van der Waals surface area contributed by atoms with Crippen LogP contribution in [0.2, 0.25) is 0 Å². The molecule has 0 saturated carbocycles. The number of carbonyl (C=O) groups excluding carboxylic acids is 1. The van der Waals surface area contributed by atoms with Crippen LogP contribution in [0.4, 0.5) is 5.82 Å². The second-order valence-corrected chi connectivity index (χ2v) is 4.39. The predicted octanol–water partition coefficient (Wildman–Crippen LogP) is 2.43. The van der Waals surface area contributed by atoms with Crippen molar-refractivity contribution in [3.05, 3.63) is 41.6 Å². The van der Waals surface area contributed by atoms with Crippen LogP contribution in [0.1, 0.15) is 17.5 Å². The summed E-state index contributed by atoms with van der Waals surface area (Å²) in [6, 6.07) is 7.72. The van der Waals surface area contributed by atoms with Crippen LogP contribution in [-0.4, -0.2) is 22.7 Å². The number of carbonyl (C=O) groups is 1. The summed E-state index contributed by atoms with van der Waals surface area (Å²) in [4.78, 5) is 11.6. The molecular weight excluding hydrogens is 242 g/mol. The average molecular weight is 259 g/mol. The SMILES string of the molecule is Cc1ccc(C)c(OCCC(=O)Nc2ccn[nH]2)c1. The Hall–Kier alpha value is -2.30. The molecule has 0 fully saturated rings. The molecule has 0 radical (unpaired) electrons. The lowest BCUT2D eigenvalue weighted by Crippen LogP contribution is -2.15. The highest BCUT2D eigenvalue weighted by atomic mass is 16.5. The number of ether oxygens (including phenoxy) is 1. The Morgan fingerprint density at radius 1 is 1.37 bits per heavy atom. The van der Waals surface area contributed by atoms with Gasteiger partial charge in [0.1, 0.15) is 11.6 Å². The van der Waals surface area contributed by atoms with E-state index in [4.69, 9.17) is 4.74 Å². The van der Waals surface area contributed by atoms with Crippen LogP contribution >= 0.6 is 0 Å². The number of rotatable bonds is 5. The van der Waals surface area contributed by atoms with Crippen LogP contribution in [0.15, 0.2) is 30.5 Å². The van der Waals surface area contributed by atoms with Crippen molar-refractivity contribution < 1.29 is 9.53 Å². The molecule has 0 unspecified atom stereocenters. The lowest BCUT2D eigenvalue weighted by Gasteiger charge is -2.09. The molecule has 0 aliphatic rings. The fourth-order valence-corrected chi connectivity index (χ4v) is 1.65. The topological polar surface area (TPSA) is 67.0 Å². The van der Waals surface area contributed by atoms with Gasteiger partial charge in [0.2, 0.25) is 5.91 Å². The number of hydrogen-bond donors (Lipinski definition) is 2. The van der Waals surface area contributed by atoms with E-state index in [1.807, 2.05) is 32.0 Å². The third kappa shape index (κ3) is 3.84. The molecule has 100 valence electrons. The van der Waals surface area contributed by atoms with Crippen molar-refractivity contribution in [1.82, 2.24) is 10.2 Å². The molecule has 2 rings (SSSR count). The van der Waals surface area contributed by atoms with Crippen molar-refractivity contribution in [2.24, 2.45) is 0 Å². The molecule has 0 saturated heterocycles. The lowest BCUT2D eigenvalue weighted by atomic mass is 10.1. The molecule has 0 aliphatic heterocycles. The molecule has 5 nitrogen and oxygen atoms in total. The molecule has 0 bridgehead atoms. The molecule has 1 aromatic heterocycles. The smallest absolute Gasteiger partial charge is 0.228 e.